The standard InChI is InChI=1S/C23H22N2O7S/c24-33(28,29)19-9-7-18(8-10-19)30-12-13-32-23(27)20-14-16-4-1-2-5-17(16)15-25(20)22(26)21-6-3-11-31-21/h1-11,20H,12-15H2,(H2,24,28,29)/t20-/m0/s1. The van der Waals surface area contributed by atoms with E-state index in [2.05, 4.69) is 0 Å². The molecule has 0 aliphatic carbocycles. The maximum Gasteiger partial charge on any atom is 0.329 e. The molecule has 0 unspecified atom stereocenters. The van der Waals surface area contributed by atoms with Crippen LogP contribution in [-0.2, 0) is 32.5 Å². The summed E-state index contributed by atoms with van der Waals surface area (Å²) < 4.78 is 38.7. The number of rotatable bonds is 7. The molecule has 1 aliphatic heterocycles. The van der Waals surface area contributed by atoms with Crippen LogP contribution in [0.25, 0.3) is 0 Å². The van der Waals surface area contributed by atoms with Gasteiger partial charge in [0.1, 0.15) is 25.0 Å². The monoisotopic (exact) mass is 470 g/mol. The summed E-state index contributed by atoms with van der Waals surface area (Å²) in [4.78, 5) is 27.2. The number of furan rings is 1. The summed E-state index contributed by atoms with van der Waals surface area (Å²) >= 11 is 0. The fourth-order valence-electron chi connectivity index (χ4n) is 3.61. The van der Waals surface area contributed by atoms with E-state index in [0.29, 0.717) is 12.2 Å². The Hall–Kier alpha value is -3.63. The van der Waals surface area contributed by atoms with Gasteiger partial charge in [-0.05, 0) is 47.5 Å². The van der Waals surface area contributed by atoms with Crippen LogP contribution in [0.3, 0.4) is 0 Å². The molecule has 9 nitrogen and oxygen atoms in total. The summed E-state index contributed by atoms with van der Waals surface area (Å²) in [5.74, 6) is -0.377. The first-order valence-corrected chi connectivity index (χ1v) is 11.7. The van der Waals surface area contributed by atoms with Crippen molar-refractivity contribution in [1.82, 2.24) is 4.90 Å². The normalized spacial score (nSPS) is 15.5. The van der Waals surface area contributed by atoms with Crippen LogP contribution in [0.2, 0.25) is 0 Å². The zero-order valence-electron chi connectivity index (χ0n) is 17.5. The summed E-state index contributed by atoms with van der Waals surface area (Å²) in [7, 11) is -3.78. The zero-order chi connectivity index (χ0) is 23.4. The lowest BCUT2D eigenvalue weighted by Gasteiger charge is -2.34. The number of esters is 1. The molecule has 4 rings (SSSR count). The fourth-order valence-corrected chi connectivity index (χ4v) is 4.13. The average molecular weight is 471 g/mol. The number of hydrogen-bond acceptors (Lipinski definition) is 7. The highest BCUT2D eigenvalue weighted by Gasteiger charge is 2.36. The third-order valence-electron chi connectivity index (χ3n) is 5.26. The predicted octanol–water partition coefficient (Wildman–Crippen LogP) is 2.12. The largest absolute Gasteiger partial charge is 0.490 e. The molecular weight excluding hydrogens is 448 g/mol. The van der Waals surface area contributed by atoms with Gasteiger partial charge in [-0.15, -0.1) is 0 Å². The summed E-state index contributed by atoms with van der Waals surface area (Å²) in [6.07, 6.45) is 1.74. The lowest BCUT2D eigenvalue weighted by atomic mass is 9.93. The van der Waals surface area contributed by atoms with Gasteiger partial charge in [-0.3, -0.25) is 4.79 Å². The molecule has 0 spiro atoms. The van der Waals surface area contributed by atoms with Crippen molar-refractivity contribution in [2.45, 2.75) is 23.9 Å². The van der Waals surface area contributed by atoms with E-state index in [9.17, 15) is 18.0 Å². The van der Waals surface area contributed by atoms with E-state index in [1.807, 2.05) is 24.3 Å². The van der Waals surface area contributed by atoms with Crippen LogP contribution in [0.5, 0.6) is 5.75 Å². The third-order valence-corrected chi connectivity index (χ3v) is 6.19. The maximum absolute atomic E-state index is 12.9. The van der Waals surface area contributed by atoms with Gasteiger partial charge >= 0.3 is 5.97 Å². The molecule has 33 heavy (non-hydrogen) atoms. The number of nitrogens with zero attached hydrogens (tertiary/aromatic N) is 1. The van der Waals surface area contributed by atoms with Crippen molar-refractivity contribution in [3.8, 4) is 5.75 Å². The fraction of sp³-hybridized carbons (Fsp3) is 0.217. The van der Waals surface area contributed by atoms with E-state index >= 15 is 0 Å². The smallest absolute Gasteiger partial charge is 0.329 e. The molecule has 2 aromatic carbocycles. The number of hydrogen-bond donors (Lipinski definition) is 1. The SMILES string of the molecule is NS(=O)(=O)c1ccc(OCCOC(=O)[C@@H]2Cc3ccccc3CN2C(=O)c2ccco2)cc1. The van der Waals surface area contributed by atoms with Gasteiger partial charge < -0.3 is 18.8 Å². The van der Waals surface area contributed by atoms with Crippen molar-refractivity contribution in [1.29, 1.82) is 0 Å². The van der Waals surface area contributed by atoms with E-state index < -0.39 is 22.0 Å². The minimum atomic E-state index is -3.78. The molecule has 172 valence electrons. The van der Waals surface area contributed by atoms with E-state index in [4.69, 9.17) is 19.0 Å². The molecule has 1 atom stereocenters. The van der Waals surface area contributed by atoms with Gasteiger partial charge in [0.15, 0.2) is 5.76 Å². The Balaban J connectivity index is 1.38. The minimum Gasteiger partial charge on any atom is -0.490 e. The van der Waals surface area contributed by atoms with Crippen LogP contribution in [0.15, 0.2) is 76.2 Å². The van der Waals surface area contributed by atoms with Gasteiger partial charge in [-0.1, -0.05) is 24.3 Å². The predicted molar refractivity (Wildman–Crippen MR) is 117 cm³/mol. The van der Waals surface area contributed by atoms with Gasteiger partial charge in [0.2, 0.25) is 10.0 Å². The zero-order valence-corrected chi connectivity index (χ0v) is 18.4. The molecule has 2 N–H and O–H groups in total. The van der Waals surface area contributed by atoms with Crippen molar-refractivity contribution in [3.05, 3.63) is 83.8 Å². The van der Waals surface area contributed by atoms with E-state index in [1.54, 1.807) is 12.1 Å². The molecule has 1 aromatic heterocycles. The molecule has 0 radical (unpaired) electrons. The Morgan fingerprint density at radius 3 is 2.39 bits per heavy atom. The van der Waals surface area contributed by atoms with Gasteiger partial charge in [0, 0.05) is 13.0 Å². The minimum absolute atomic E-state index is 0.0276. The third kappa shape index (κ3) is 5.24. The van der Waals surface area contributed by atoms with Crippen molar-refractivity contribution >= 4 is 21.9 Å². The first-order valence-electron chi connectivity index (χ1n) is 10.2. The van der Waals surface area contributed by atoms with Gasteiger partial charge in [0.05, 0.1) is 11.2 Å². The summed E-state index contributed by atoms with van der Waals surface area (Å²) in [6, 6.07) is 15.6. The maximum atomic E-state index is 12.9. The number of fused-ring (bicyclic) bond motifs is 1. The Kier molecular flexibility index (Phi) is 6.47. The Bertz CT molecular complexity index is 1240. The topological polar surface area (TPSA) is 129 Å². The molecule has 0 fully saturated rings. The van der Waals surface area contributed by atoms with Crippen LogP contribution < -0.4 is 9.88 Å². The highest BCUT2D eigenvalue weighted by molar-refractivity contribution is 7.89. The van der Waals surface area contributed by atoms with Crippen LogP contribution in [0.1, 0.15) is 21.7 Å². The number of primary sulfonamides is 1. The highest BCUT2D eigenvalue weighted by atomic mass is 32.2. The van der Waals surface area contributed by atoms with E-state index in [1.165, 1.54) is 35.4 Å². The Labute approximate surface area is 190 Å². The summed E-state index contributed by atoms with van der Waals surface area (Å²) in [5.41, 5.74) is 1.95. The molecule has 1 amide bonds. The second-order valence-electron chi connectivity index (χ2n) is 7.43. The first kappa shape index (κ1) is 22.6. The molecule has 0 bridgehead atoms. The molecule has 3 aromatic rings. The number of ether oxygens (including phenoxy) is 2. The average Bonchev–Trinajstić information content (AvgIpc) is 3.35. The molecule has 0 saturated heterocycles. The van der Waals surface area contributed by atoms with E-state index in [-0.39, 0.29) is 36.3 Å². The lowest BCUT2D eigenvalue weighted by molar-refractivity contribution is -0.150. The van der Waals surface area contributed by atoms with Crippen LogP contribution >= 0.6 is 0 Å². The van der Waals surface area contributed by atoms with Crippen molar-refractivity contribution in [2.24, 2.45) is 5.14 Å². The van der Waals surface area contributed by atoms with Crippen molar-refractivity contribution in [2.75, 3.05) is 13.2 Å². The van der Waals surface area contributed by atoms with Gasteiger partial charge in [-0.25, -0.2) is 18.4 Å². The van der Waals surface area contributed by atoms with Crippen LogP contribution in [-0.4, -0.2) is 44.4 Å². The van der Waals surface area contributed by atoms with Crippen molar-refractivity contribution in [3.63, 3.8) is 0 Å². The number of carbonyl (C=O) groups excluding carboxylic acids is 2. The van der Waals surface area contributed by atoms with Gasteiger partial charge in [-0.2, -0.15) is 0 Å². The molecule has 10 heteroatoms. The number of nitrogens with two attached hydrogens (primary N) is 1. The first-order chi connectivity index (χ1) is 15.8. The second kappa shape index (κ2) is 9.47. The Morgan fingerprint density at radius 1 is 1.00 bits per heavy atom. The van der Waals surface area contributed by atoms with Crippen LogP contribution in [0, 0.1) is 0 Å². The van der Waals surface area contributed by atoms with Crippen molar-refractivity contribution < 1.29 is 31.9 Å². The molecule has 1 aliphatic rings. The molecule has 2 heterocycles. The van der Waals surface area contributed by atoms with Crippen LogP contribution in [0.4, 0.5) is 0 Å². The summed E-state index contributed by atoms with van der Waals surface area (Å²) in [6.45, 7) is 0.273. The number of benzene rings is 2. The molecule has 0 saturated carbocycles. The van der Waals surface area contributed by atoms with E-state index in [0.717, 1.165) is 11.1 Å². The summed E-state index contributed by atoms with van der Waals surface area (Å²) in [5, 5.41) is 5.07. The lowest BCUT2D eigenvalue weighted by Crippen LogP contribution is -2.49. The number of carbonyl (C=O) groups is 2. The highest BCUT2D eigenvalue weighted by Crippen LogP contribution is 2.26. The number of amides is 1. The second-order valence-corrected chi connectivity index (χ2v) is 8.99. The molecular formula is C23H22N2O7S. The number of sulfonamides is 1. The Morgan fingerprint density at radius 2 is 1.73 bits per heavy atom. The van der Waals surface area contributed by atoms with Gasteiger partial charge in [0.25, 0.3) is 5.91 Å². The quantitative estimate of drug-likeness (QED) is 0.414.